The number of nitrogens with one attached hydrogen (secondary N) is 2. The predicted molar refractivity (Wildman–Crippen MR) is 229 cm³/mol. The summed E-state index contributed by atoms with van der Waals surface area (Å²) in [6.07, 6.45) is 0. The predicted octanol–water partition coefficient (Wildman–Crippen LogP) is 9.07. The summed E-state index contributed by atoms with van der Waals surface area (Å²) in [7, 11) is 2.96. The molecule has 2 heterocycles. The monoisotopic (exact) mass is 850 g/mol. The zero-order chi connectivity index (χ0) is 42.8. The van der Waals surface area contributed by atoms with Crippen LogP contribution in [0.25, 0.3) is 11.1 Å². The van der Waals surface area contributed by atoms with Crippen LogP contribution in [0.2, 0.25) is 10.0 Å². The van der Waals surface area contributed by atoms with Crippen molar-refractivity contribution in [2.45, 2.75) is 52.2 Å². The van der Waals surface area contributed by atoms with E-state index < -0.39 is 24.0 Å². The number of rotatable bonds is 19. The first kappa shape index (κ1) is 43.4. The fourth-order valence-electron chi connectivity index (χ4n) is 6.76. The lowest BCUT2D eigenvalue weighted by Gasteiger charge is -2.18. The first-order valence-corrected chi connectivity index (χ1v) is 19.7. The average molecular weight is 852 g/mol. The van der Waals surface area contributed by atoms with E-state index in [1.807, 2.05) is 62.4 Å². The number of halogens is 2. The molecular weight excluding hydrogens is 807 g/mol. The molecule has 60 heavy (non-hydrogen) atoms. The molecule has 2 aromatic heterocycles. The van der Waals surface area contributed by atoms with Crippen molar-refractivity contribution in [3.05, 3.63) is 164 Å². The first-order chi connectivity index (χ1) is 29.0. The summed E-state index contributed by atoms with van der Waals surface area (Å²) >= 11 is 13.3. The Kier molecular flexibility index (Phi) is 14.6. The van der Waals surface area contributed by atoms with Gasteiger partial charge < -0.3 is 29.2 Å². The van der Waals surface area contributed by atoms with Gasteiger partial charge in [0.05, 0.1) is 14.2 Å². The third-order valence-corrected chi connectivity index (χ3v) is 10.6. The number of carbonyl (C=O) groups is 2. The van der Waals surface area contributed by atoms with E-state index in [9.17, 15) is 19.8 Å². The zero-order valence-corrected chi connectivity index (χ0v) is 34.9. The van der Waals surface area contributed by atoms with Crippen LogP contribution < -0.4 is 29.6 Å². The van der Waals surface area contributed by atoms with E-state index >= 15 is 0 Å². The summed E-state index contributed by atoms with van der Waals surface area (Å²) in [5, 5.41) is 26.3. The molecule has 12 nitrogen and oxygen atoms in total. The van der Waals surface area contributed by atoms with Crippen LogP contribution in [0.4, 0.5) is 0 Å². The quantitative estimate of drug-likeness (QED) is 0.0613. The summed E-state index contributed by atoms with van der Waals surface area (Å²) < 4.78 is 23.4. The summed E-state index contributed by atoms with van der Waals surface area (Å²) in [5.74, 6) is -1.15. The number of hydrogen-bond donors (Lipinski definition) is 4. The van der Waals surface area contributed by atoms with Crippen molar-refractivity contribution in [2.24, 2.45) is 0 Å². The molecule has 0 unspecified atom stereocenters. The van der Waals surface area contributed by atoms with Gasteiger partial charge in [-0.1, -0.05) is 120 Å². The molecule has 14 heteroatoms. The Morgan fingerprint density at radius 3 is 1.30 bits per heavy atom. The Morgan fingerprint density at radius 2 is 0.950 bits per heavy atom. The second-order valence-electron chi connectivity index (χ2n) is 13.8. The van der Waals surface area contributed by atoms with Gasteiger partial charge in [-0.05, 0) is 70.5 Å². The van der Waals surface area contributed by atoms with Crippen LogP contribution >= 0.6 is 23.2 Å². The first-order valence-electron chi connectivity index (χ1n) is 18.9. The number of aromatic nitrogens is 2. The van der Waals surface area contributed by atoms with E-state index in [0.717, 1.165) is 33.4 Å². The molecule has 0 aliphatic carbocycles. The second-order valence-corrected chi connectivity index (χ2v) is 14.6. The fraction of sp³-hybridized carbons (Fsp3) is 0.217. The molecule has 2 atom stereocenters. The maximum atomic E-state index is 12.0. The molecule has 0 spiro atoms. The molecule has 0 fully saturated rings. The van der Waals surface area contributed by atoms with Crippen molar-refractivity contribution in [3.63, 3.8) is 0 Å². The zero-order valence-electron chi connectivity index (χ0n) is 33.4. The molecule has 0 saturated heterocycles. The molecule has 0 aliphatic heterocycles. The highest BCUT2D eigenvalue weighted by molar-refractivity contribution is 6.32. The number of ether oxygens (including phenoxy) is 4. The Labute approximate surface area is 358 Å². The van der Waals surface area contributed by atoms with Crippen LogP contribution in [0.1, 0.15) is 56.6 Å². The maximum absolute atomic E-state index is 12.0. The van der Waals surface area contributed by atoms with E-state index in [2.05, 4.69) is 20.6 Å². The van der Waals surface area contributed by atoms with Crippen LogP contribution in [0.15, 0.2) is 109 Å². The van der Waals surface area contributed by atoms with E-state index in [1.54, 1.807) is 60.7 Å². The van der Waals surface area contributed by atoms with Gasteiger partial charge in [0.15, 0.2) is 0 Å². The fourth-order valence-corrected chi connectivity index (χ4v) is 7.22. The standard InChI is InChI=1S/C46H44Cl2N4O8/c1-27-31(25-59-43-37(47)21-33(41(51-43)57-3)23-49-39(45(53)54)29-13-7-5-8-14-29)17-11-19-35(27)36-20-12-18-32(28(36)2)26-60-44-38(48)22-34(42(52-44)58-4)24-50-40(46(55)56)30-15-9-6-10-16-30/h5-22,39-40,49-50H,23-26H2,1-4H3,(H,53,54)(H,55,56)/t39-,40-/m0/s1. The lowest BCUT2D eigenvalue weighted by atomic mass is 9.92. The van der Waals surface area contributed by atoms with Gasteiger partial charge in [-0.2, -0.15) is 9.97 Å². The molecule has 6 rings (SSSR count). The van der Waals surface area contributed by atoms with Gasteiger partial charge in [0.25, 0.3) is 0 Å². The van der Waals surface area contributed by atoms with Crippen LogP contribution in [0.5, 0.6) is 23.5 Å². The Balaban J connectivity index is 1.13. The molecule has 4 N–H and O–H groups in total. The van der Waals surface area contributed by atoms with Gasteiger partial charge in [-0.25, -0.2) is 0 Å². The van der Waals surface area contributed by atoms with Gasteiger partial charge >= 0.3 is 11.9 Å². The van der Waals surface area contributed by atoms with Crippen molar-refractivity contribution in [1.29, 1.82) is 0 Å². The molecule has 0 amide bonds. The van der Waals surface area contributed by atoms with Crippen molar-refractivity contribution in [2.75, 3.05) is 14.2 Å². The Hall–Kier alpha value is -6.18. The number of methoxy groups -OCH3 is 2. The topological polar surface area (TPSA) is 161 Å². The third kappa shape index (κ3) is 10.3. The highest BCUT2D eigenvalue weighted by Gasteiger charge is 2.23. The highest BCUT2D eigenvalue weighted by atomic mass is 35.5. The summed E-state index contributed by atoms with van der Waals surface area (Å²) in [6, 6.07) is 31.2. The van der Waals surface area contributed by atoms with Crippen LogP contribution in [-0.4, -0.2) is 46.3 Å². The smallest absolute Gasteiger partial charge is 0.325 e. The summed E-state index contributed by atoms with van der Waals surface area (Å²) in [5.41, 5.74) is 8.22. The molecule has 0 aliphatic rings. The van der Waals surface area contributed by atoms with Gasteiger partial charge in [-0.3, -0.25) is 20.2 Å². The van der Waals surface area contributed by atoms with Gasteiger partial charge in [0.1, 0.15) is 35.3 Å². The third-order valence-electron chi connectivity index (χ3n) is 10.0. The Morgan fingerprint density at radius 1 is 0.567 bits per heavy atom. The largest absolute Gasteiger partial charge is 0.481 e. The number of aliphatic carboxylic acids is 2. The second kappa shape index (κ2) is 20.2. The summed E-state index contributed by atoms with van der Waals surface area (Å²) in [4.78, 5) is 33.0. The summed E-state index contributed by atoms with van der Waals surface area (Å²) in [6.45, 7) is 4.67. The van der Waals surface area contributed by atoms with Crippen molar-refractivity contribution < 1.29 is 38.7 Å². The molecule has 0 saturated carbocycles. The van der Waals surface area contributed by atoms with Crippen LogP contribution in [0, 0.1) is 13.8 Å². The lowest BCUT2D eigenvalue weighted by molar-refractivity contribution is -0.140. The molecule has 310 valence electrons. The van der Waals surface area contributed by atoms with E-state index in [0.29, 0.717) is 22.3 Å². The molecular formula is C46H44Cl2N4O8. The van der Waals surface area contributed by atoms with E-state index in [1.165, 1.54) is 14.2 Å². The van der Waals surface area contributed by atoms with Gasteiger partial charge in [0.2, 0.25) is 23.5 Å². The molecule has 6 aromatic rings. The van der Waals surface area contributed by atoms with Gasteiger partial charge in [0, 0.05) is 24.2 Å². The minimum Gasteiger partial charge on any atom is -0.481 e. The minimum absolute atomic E-state index is 0.139. The number of hydrogen-bond acceptors (Lipinski definition) is 10. The van der Waals surface area contributed by atoms with E-state index in [4.69, 9.17) is 42.1 Å². The average Bonchev–Trinajstić information content (AvgIpc) is 3.24. The number of nitrogens with zero attached hydrogens (tertiary/aromatic N) is 2. The maximum Gasteiger partial charge on any atom is 0.325 e. The van der Waals surface area contributed by atoms with E-state index in [-0.39, 0.29) is 59.9 Å². The van der Waals surface area contributed by atoms with Gasteiger partial charge in [-0.15, -0.1) is 0 Å². The molecule has 4 aromatic carbocycles. The number of pyridine rings is 2. The van der Waals surface area contributed by atoms with Crippen molar-refractivity contribution >= 4 is 35.1 Å². The van der Waals surface area contributed by atoms with Crippen molar-refractivity contribution in [1.82, 2.24) is 20.6 Å². The number of carboxylic acid groups (broad SMARTS) is 2. The van der Waals surface area contributed by atoms with Crippen molar-refractivity contribution in [3.8, 4) is 34.6 Å². The molecule has 0 bridgehead atoms. The van der Waals surface area contributed by atoms with Crippen LogP contribution in [0.3, 0.4) is 0 Å². The minimum atomic E-state index is -1.01. The lowest BCUT2D eigenvalue weighted by Crippen LogP contribution is -2.28. The Bertz CT molecular complexity index is 2280. The normalized spacial score (nSPS) is 12.0. The number of carboxylic acids is 2. The number of benzene rings is 4. The highest BCUT2D eigenvalue weighted by Crippen LogP contribution is 2.35. The molecule has 0 radical (unpaired) electrons. The SMILES string of the molecule is COc1nc(OCc2cccc(-c3cccc(COc4nc(OC)c(CN[C@H](C(=O)O)c5ccccc5)cc4Cl)c3C)c2C)c(Cl)cc1CN[C@H](C(=O)O)c1ccccc1. The van der Waals surface area contributed by atoms with Crippen LogP contribution in [-0.2, 0) is 35.9 Å².